The normalized spacial score (nSPS) is 10.3. The number of anilines is 2. The highest BCUT2D eigenvalue weighted by molar-refractivity contribution is 5.95. The summed E-state index contributed by atoms with van der Waals surface area (Å²) in [5.74, 6) is -2.30. The zero-order valence-electron chi connectivity index (χ0n) is 10.1. The number of hydrogen-bond donors (Lipinski definition) is 1. The van der Waals surface area contributed by atoms with Crippen LogP contribution >= 0.6 is 0 Å². The van der Waals surface area contributed by atoms with Crippen molar-refractivity contribution in [1.29, 1.82) is 0 Å². The number of hydrogen-bond acceptors (Lipinski definition) is 2. The van der Waals surface area contributed by atoms with Crippen LogP contribution in [0.1, 0.15) is 10.4 Å². The van der Waals surface area contributed by atoms with E-state index in [0.29, 0.717) is 11.4 Å². The molecule has 0 aromatic heterocycles. The molecule has 98 valence electrons. The quantitative estimate of drug-likeness (QED) is 0.922. The van der Waals surface area contributed by atoms with E-state index in [0.717, 1.165) is 12.1 Å². The van der Waals surface area contributed by atoms with Gasteiger partial charge in [0.1, 0.15) is 11.6 Å². The molecule has 0 radical (unpaired) electrons. The van der Waals surface area contributed by atoms with Gasteiger partial charge in [-0.1, -0.05) is 6.07 Å². The molecule has 2 aromatic carbocycles. The number of carboxylic acids is 1. The number of carbonyl (C=O) groups is 1. The Kier molecular flexibility index (Phi) is 3.46. The maximum absolute atomic E-state index is 13.2. The van der Waals surface area contributed by atoms with E-state index in [1.54, 1.807) is 13.1 Å². The predicted octanol–water partition coefficient (Wildman–Crippen LogP) is 3.43. The first-order valence-corrected chi connectivity index (χ1v) is 5.51. The summed E-state index contributed by atoms with van der Waals surface area (Å²) in [5, 5.41) is 9.07. The molecule has 0 amide bonds. The van der Waals surface area contributed by atoms with Crippen LogP contribution in [-0.2, 0) is 0 Å². The number of carboxylic acid groups (broad SMARTS) is 1. The lowest BCUT2D eigenvalue weighted by atomic mass is 10.1. The highest BCUT2D eigenvalue weighted by Crippen LogP contribution is 2.28. The third-order valence-corrected chi connectivity index (χ3v) is 2.75. The fourth-order valence-electron chi connectivity index (χ4n) is 1.80. The van der Waals surface area contributed by atoms with E-state index in [1.165, 1.54) is 29.2 Å². The van der Waals surface area contributed by atoms with Gasteiger partial charge in [0.05, 0.1) is 11.3 Å². The van der Waals surface area contributed by atoms with Gasteiger partial charge in [-0.3, -0.25) is 0 Å². The Balaban J connectivity index is 2.49. The minimum absolute atomic E-state index is 0.174. The average Bonchev–Trinajstić information content (AvgIpc) is 2.37. The van der Waals surface area contributed by atoms with E-state index in [2.05, 4.69) is 0 Å². The van der Waals surface area contributed by atoms with Crippen molar-refractivity contribution in [2.45, 2.75) is 0 Å². The summed E-state index contributed by atoms with van der Waals surface area (Å²) in [6, 6.07) is 9.17. The summed E-state index contributed by atoms with van der Waals surface area (Å²) in [7, 11) is 1.59. The van der Waals surface area contributed by atoms with Crippen molar-refractivity contribution in [3.8, 4) is 0 Å². The van der Waals surface area contributed by atoms with Crippen LogP contribution in [0.3, 0.4) is 0 Å². The molecule has 0 heterocycles. The maximum Gasteiger partial charge on any atom is 0.337 e. The lowest BCUT2D eigenvalue weighted by molar-refractivity contribution is 0.0697. The molecule has 0 bridgehead atoms. The van der Waals surface area contributed by atoms with Gasteiger partial charge >= 0.3 is 5.97 Å². The van der Waals surface area contributed by atoms with Gasteiger partial charge < -0.3 is 10.0 Å². The van der Waals surface area contributed by atoms with Gasteiger partial charge in [-0.2, -0.15) is 0 Å². The lowest BCUT2D eigenvalue weighted by Crippen LogP contribution is -2.14. The van der Waals surface area contributed by atoms with Gasteiger partial charge in [-0.15, -0.1) is 0 Å². The molecule has 2 rings (SSSR count). The predicted molar refractivity (Wildman–Crippen MR) is 67.8 cm³/mol. The van der Waals surface area contributed by atoms with Crippen molar-refractivity contribution in [1.82, 2.24) is 0 Å². The molecule has 19 heavy (non-hydrogen) atoms. The highest BCUT2D eigenvalue weighted by Gasteiger charge is 2.15. The van der Waals surface area contributed by atoms with Crippen molar-refractivity contribution >= 4 is 17.3 Å². The number of halogens is 2. The third-order valence-electron chi connectivity index (χ3n) is 2.75. The lowest BCUT2D eigenvalue weighted by Gasteiger charge is -2.21. The smallest absolute Gasteiger partial charge is 0.337 e. The fraction of sp³-hybridized carbons (Fsp3) is 0.0714. The summed E-state index contributed by atoms with van der Waals surface area (Å²) in [5.41, 5.74) is 0.598. The average molecular weight is 263 g/mol. The van der Waals surface area contributed by atoms with Crippen LogP contribution in [0.4, 0.5) is 20.2 Å². The van der Waals surface area contributed by atoms with E-state index >= 15 is 0 Å². The number of rotatable bonds is 3. The van der Waals surface area contributed by atoms with Gasteiger partial charge in [0.15, 0.2) is 0 Å². The third kappa shape index (κ3) is 2.70. The second kappa shape index (κ2) is 5.06. The van der Waals surface area contributed by atoms with Crippen LogP contribution in [0.15, 0.2) is 42.5 Å². The van der Waals surface area contributed by atoms with Gasteiger partial charge in [0, 0.05) is 12.7 Å². The van der Waals surface area contributed by atoms with Crippen LogP contribution in [0.2, 0.25) is 0 Å². The summed E-state index contributed by atoms with van der Waals surface area (Å²) in [6.45, 7) is 0. The van der Waals surface area contributed by atoms with Gasteiger partial charge in [-0.05, 0) is 36.4 Å². The Labute approximate surface area is 108 Å². The first-order chi connectivity index (χ1) is 8.99. The molecule has 0 spiro atoms. The molecular formula is C14H11F2NO2. The first-order valence-electron chi connectivity index (χ1n) is 5.51. The molecule has 0 atom stereocenters. The first kappa shape index (κ1) is 13.0. The standard InChI is InChI=1S/C14H11F2NO2/c1-17(11-4-2-3-9(15)7-11)13-6-5-10(16)8-12(13)14(18)19/h2-8H,1H3,(H,18,19). The number of aromatic carboxylic acids is 1. The minimum atomic E-state index is -1.24. The molecular weight excluding hydrogens is 252 g/mol. The molecule has 0 fully saturated rings. The van der Waals surface area contributed by atoms with Gasteiger partial charge in [0.25, 0.3) is 0 Å². The largest absolute Gasteiger partial charge is 0.478 e. The SMILES string of the molecule is CN(c1cccc(F)c1)c1ccc(F)cc1C(=O)O. The molecule has 0 aliphatic heterocycles. The Bertz CT molecular complexity index is 629. The van der Waals surface area contributed by atoms with Crippen LogP contribution in [0.25, 0.3) is 0 Å². The number of nitrogens with zero attached hydrogens (tertiary/aromatic N) is 1. The second-order valence-corrected chi connectivity index (χ2v) is 4.01. The molecule has 0 unspecified atom stereocenters. The maximum atomic E-state index is 13.2. The molecule has 3 nitrogen and oxygen atoms in total. The van der Waals surface area contributed by atoms with Crippen LogP contribution in [0.5, 0.6) is 0 Å². The van der Waals surface area contributed by atoms with Crippen molar-refractivity contribution in [2.75, 3.05) is 11.9 Å². The summed E-state index contributed by atoms with van der Waals surface area (Å²) >= 11 is 0. The number of benzene rings is 2. The molecule has 0 saturated heterocycles. The Hall–Kier alpha value is -2.43. The van der Waals surface area contributed by atoms with E-state index in [4.69, 9.17) is 5.11 Å². The summed E-state index contributed by atoms with van der Waals surface area (Å²) < 4.78 is 26.3. The topological polar surface area (TPSA) is 40.5 Å². The zero-order valence-corrected chi connectivity index (χ0v) is 10.1. The molecule has 5 heteroatoms. The van der Waals surface area contributed by atoms with Crippen molar-refractivity contribution in [2.24, 2.45) is 0 Å². The van der Waals surface area contributed by atoms with Crippen molar-refractivity contribution < 1.29 is 18.7 Å². The Morgan fingerprint density at radius 2 is 1.79 bits per heavy atom. The second-order valence-electron chi connectivity index (χ2n) is 4.01. The highest BCUT2D eigenvalue weighted by atomic mass is 19.1. The summed E-state index contributed by atoms with van der Waals surface area (Å²) in [4.78, 5) is 12.6. The van der Waals surface area contributed by atoms with E-state index in [-0.39, 0.29) is 5.56 Å². The zero-order chi connectivity index (χ0) is 14.0. The minimum Gasteiger partial charge on any atom is -0.478 e. The molecule has 0 saturated carbocycles. The van der Waals surface area contributed by atoms with E-state index < -0.39 is 17.6 Å². The van der Waals surface area contributed by atoms with Gasteiger partial charge in [0.2, 0.25) is 0 Å². The molecule has 2 aromatic rings. The van der Waals surface area contributed by atoms with Crippen molar-refractivity contribution in [3.63, 3.8) is 0 Å². The summed E-state index contributed by atoms with van der Waals surface area (Å²) in [6.07, 6.45) is 0. The fourth-order valence-corrected chi connectivity index (χ4v) is 1.80. The Morgan fingerprint density at radius 3 is 2.42 bits per heavy atom. The van der Waals surface area contributed by atoms with E-state index in [9.17, 15) is 13.6 Å². The van der Waals surface area contributed by atoms with Crippen molar-refractivity contribution in [3.05, 3.63) is 59.7 Å². The molecule has 0 aliphatic rings. The molecule has 1 N–H and O–H groups in total. The molecule has 0 aliphatic carbocycles. The van der Waals surface area contributed by atoms with Crippen LogP contribution in [-0.4, -0.2) is 18.1 Å². The van der Waals surface area contributed by atoms with Gasteiger partial charge in [-0.25, -0.2) is 13.6 Å². The Morgan fingerprint density at radius 1 is 1.11 bits per heavy atom. The van der Waals surface area contributed by atoms with E-state index in [1.807, 2.05) is 0 Å². The van der Waals surface area contributed by atoms with Crippen LogP contribution < -0.4 is 4.90 Å². The van der Waals surface area contributed by atoms with Crippen LogP contribution in [0, 0.1) is 11.6 Å². The monoisotopic (exact) mass is 263 g/mol.